The molecule has 1 fully saturated rings. The molecule has 4 heterocycles. The molecular formula is C19H21N7O. The lowest BCUT2D eigenvalue weighted by Crippen LogP contribution is -2.36. The first kappa shape index (κ1) is 16.2. The van der Waals surface area contributed by atoms with Gasteiger partial charge in [-0.15, -0.1) is 0 Å². The van der Waals surface area contributed by atoms with Gasteiger partial charge in [0.1, 0.15) is 5.65 Å². The van der Waals surface area contributed by atoms with E-state index in [4.69, 9.17) is 0 Å². The van der Waals surface area contributed by atoms with Crippen LogP contribution >= 0.6 is 0 Å². The predicted octanol–water partition coefficient (Wildman–Crippen LogP) is 2.77. The zero-order valence-electron chi connectivity index (χ0n) is 15.1. The number of hydrogen-bond acceptors (Lipinski definition) is 6. The Balaban J connectivity index is 1.41. The van der Waals surface area contributed by atoms with Crippen LogP contribution in [0.2, 0.25) is 0 Å². The van der Waals surface area contributed by atoms with Gasteiger partial charge in [-0.1, -0.05) is 0 Å². The van der Waals surface area contributed by atoms with E-state index in [1.54, 1.807) is 10.7 Å². The van der Waals surface area contributed by atoms with Crippen molar-refractivity contribution in [3.63, 3.8) is 0 Å². The lowest BCUT2D eigenvalue weighted by molar-refractivity contribution is 0.0196. The van der Waals surface area contributed by atoms with Crippen LogP contribution in [-0.4, -0.2) is 46.3 Å². The molecule has 0 radical (unpaired) electrons. The Hall–Kier alpha value is -3.00. The maximum atomic E-state index is 10.1. The van der Waals surface area contributed by atoms with Crippen LogP contribution in [0.1, 0.15) is 32.6 Å². The molecule has 0 aliphatic heterocycles. The van der Waals surface area contributed by atoms with Crippen molar-refractivity contribution in [1.29, 1.82) is 0 Å². The lowest BCUT2D eigenvalue weighted by Gasteiger charge is -2.33. The van der Waals surface area contributed by atoms with Gasteiger partial charge in [-0.2, -0.15) is 10.1 Å². The standard InChI is InChI=1S/C19H21N7O/c1-19(27)6-4-12(5-7-19)23-18-22-11-14-13(10-21-17(14)24-18)15-2-3-16-20-8-9-26(16)25-15/h2-3,8-12,27H,4-7H2,1H3,(H2,21,22,23,24)/t12-,19+. The molecule has 0 saturated heterocycles. The number of nitrogens with one attached hydrogen (secondary N) is 2. The SMILES string of the molecule is C[C@]1(O)CC[C@@H](Nc2ncc3c(-c4ccc5nccn5n4)c[nH]c3n2)CC1. The van der Waals surface area contributed by atoms with E-state index in [9.17, 15) is 5.11 Å². The first-order valence-corrected chi connectivity index (χ1v) is 9.21. The van der Waals surface area contributed by atoms with Crippen LogP contribution in [0.15, 0.2) is 36.9 Å². The summed E-state index contributed by atoms with van der Waals surface area (Å²) in [6.45, 7) is 1.90. The minimum atomic E-state index is -0.541. The van der Waals surface area contributed by atoms with Crippen LogP contribution in [0.5, 0.6) is 0 Å². The number of aromatic amines is 1. The van der Waals surface area contributed by atoms with Crippen LogP contribution in [0.3, 0.4) is 0 Å². The summed E-state index contributed by atoms with van der Waals surface area (Å²) in [5.74, 6) is 0.612. The number of imidazole rings is 1. The normalized spacial score (nSPS) is 23.1. The van der Waals surface area contributed by atoms with Crippen molar-refractivity contribution < 1.29 is 5.11 Å². The number of hydrogen-bond donors (Lipinski definition) is 3. The molecule has 27 heavy (non-hydrogen) atoms. The molecule has 4 aromatic rings. The van der Waals surface area contributed by atoms with Crippen LogP contribution in [0.25, 0.3) is 27.9 Å². The number of fused-ring (bicyclic) bond motifs is 2. The fraction of sp³-hybridized carbons (Fsp3) is 0.368. The van der Waals surface area contributed by atoms with E-state index in [0.29, 0.717) is 12.0 Å². The minimum absolute atomic E-state index is 0.294. The van der Waals surface area contributed by atoms with Gasteiger partial charge in [0.2, 0.25) is 5.95 Å². The highest BCUT2D eigenvalue weighted by molar-refractivity contribution is 5.92. The first-order valence-electron chi connectivity index (χ1n) is 9.21. The van der Waals surface area contributed by atoms with Gasteiger partial charge in [-0.25, -0.2) is 14.5 Å². The summed E-state index contributed by atoms with van der Waals surface area (Å²) in [7, 11) is 0. The molecule has 0 aromatic carbocycles. The van der Waals surface area contributed by atoms with E-state index < -0.39 is 5.60 Å². The molecule has 1 saturated carbocycles. The third-order valence-corrected chi connectivity index (χ3v) is 5.36. The number of aliphatic hydroxyl groups is 1. The third kappa shape index (κ3) is 3.02. The van der Waals surface area contributed by atoms with E-state index in [-0.39, 0.29) is 0 Å². The summed E-state index contributed by atoms with van der Waals surface area (Å²) in [5.41, 5.74) is 2.85. The van der Waals surface area contributed by atoms with E-state index in [1.807, 2.05) is 37.6 Å². The summed E-state index contributed by atoms with van der Waals surface area (Å²) >= 11 is 0. The molecule has 0 amide bonds. The highest BCUT2D eigenvalue weighted by Crippen LogP contribution is 2.30. The van der Waals surface area contributed by atoms with Crippen molar-refractivity contribution in [2.45, 2.75) is 44.2 Å². The van der Waals surface area contributed by atoms with Crippen LogP contribution in [0, 0.1) is 0 Å². The second-order valence-corrected chi connectivity index (χ2v) is 7.52. The zero-order chi connectivity index (χ0) is 18.4. The molecule has 8 heteroatoms. The average Bonchev–Trinajstić information content (AvgIpc) is 3.29. The Morgan fingerprint density at radius 2 is 2.11 bits per heavy atom. The average molecular weight is 363 g/mol. The number of H-pyrrole nitrogens is 1. The summed E-state index contributed by atoms with van der Waals surface area (Å²) in [4.78, 5) is 16.6. The van der Waals surface area contributed by atoms with Crippen LogP contribution in [-0.2, 0) is 0 Å². The fourth-order valence-electron chi connectivity index (χ4n) is 3.71. The minimum Gasteiger partial charge on any atom is -0.390 e. The smallest absolute Gasteiger partial charge is 0.224 e. The largest absolute Gasteiger partial charge is 0.390 e. The molecule has 4 aromatic heterocycles. The Morgan fingerprint density at radius 1 is 1.26 bits per heavy atom. The molecule has 138 valence electrons. The second kappa shape index (κ2) is 6.02. The van der Waals surface area contributed by atoms with Gasteiger partial charge in [0.05, 0.1) is 11.3 Å². The molecule has 0 atom stereocenters. The number of aromatic nitrogens is 6. The predicted molar refractivity (Wildman–Crippen MR) is 102 cm³/mol. The number of anilines is 1. The van der Waals surface area contributed by atoms with Crippen molar-refractivity contribution in [2.75, 3.05) is 5.32 Å². The van der Waals surface area contributed by atoms with Crippen molar-refractivity contribution >= 4 is 22.6 Å². The summed E-state index contributed by atoms with van der Waals surface area (Å²) in [6, 6.07) is 4.18. The zero-order valence-corrected chi connectivity index (χ0v) is 15.1. The Kier molecular flexibility index (Phi) is 3.61. The second-order valence-electron chi connectivity index (χ2n) is 7.52. The molecule has 1 aliphatic rings. The highest BCUT2D eigenvalue weighted by atomic mass is 16.3. The van der Waals surface area contributed by atoms with Crippen LogP contribution in [0.4, 0.5) is 5.95 Å². The van der Waals surface area contributed by atoms with E-state index >= 15 is 0 Å². The summed E-state index contributed by atoms with van der Waals surface area (Å²) < 4.78 is 1.75. The van der Waals surface area contributed by atoms with Crippen LogP contribution < -0.4 is 5.32 Å². The molecule has 0 unspecified atom stereocenters. The van der Waals surface area contributed by atoms with E-state index in [1.165, 1.54) is 0 Å². The van der Waals surface area contributed by atoms with Gasteiger partial charge in [0, 0.05) is 41.8 Å². The van der Waals surface area contributed by atoms with Gasteiger partial charge in [-0.3, -0.25) is 0 Å². The van der Waals surface area contributed by atoms with Gasteiger partial charge in [0.25, 0.3) is 0 Å². The molecule has 0 spiro atoms. The van der Waals surface area contributed by atoms with Gasteiger partial charge in [0.15, 0.2) is 5.65 Å². The monoisotopic (exact) mass is 363 g/mol. The maximum absolute atomic E-state index is 10.1. The Bertz CT molecular complexity index is 1100. The molecule has 3 N–H and O–H groups in total. The molecule has 0 bridgehead atoms. The van der Waals surface area contributed by atoms with E-state index in [2.05, 4.69) is 30.4 Å². The van der Waals surface area contributed by atoms with Gasteiger partial charge >= 0.3 is 0 Å². The van der Waals surface area contributed by atoms with Crippen molar-refractivity contribution in [2.24, 2.45) is 0 Å². The first-order chi connectivity index (χ1) is 13.1. The summed E-state index contributed by atoms with van der Waals surface area (Å²) in [5, 5.41) is 19.0. The van der Waals surface area contributed by atoms with Gasteiger partial charge in [-0.05, 0) is 44.7 Å². The maximum Gasteiger partial charge on any atom is 0.224 e. The summed E-state index contributed by atoms with van der Waals surface area (Å²) in [6.07, 6.45) is 10.7. The molecule has 1 aliphatic carbocycles. The topological polar surface area (TPSA) is 104 Å². The fourth-order valence-corrected chi connectivity index (χ4v) is 3.71. The quantitative estimate of drug-likeness (QED) is 0.517. The van der Waals surface area contributed by atoms with Crippen molar-refractivity contribution in [3.8, 4) is 11.3 Å². The Morgan fingerprint density at radius 3 is 2.96 bits per heavy atom. The lowest BCUT2D eigenvalue weighted by atomic mass is 9.84. The molecule has 5 rings (SSSR count). The van der Waals surface area contributed by atoms with Crippen molar-refractivity contribution in [3.05, 3.63) is 36.9 Å². The Labute approximate surface area is 155 Å². The van der Waals surface area contributed by atoms with E-state index in [0.717, 1.165) is 53.6 Å². The van der Waals surface area contributed by atoms with Gasteiger partial charge < -0.3 is 15.4 Å². The molecular weight excluding hydrogens is 342 g/mol. The molecule has 8 nitrogen and oxygen atoms in total. The number of rotatable bonds is 3. The highest BCUT2D eigenvalue weighted by Gasteiger charge is 2.28. The number of nitrogens with zero attached hydrogens (tertiary/aromatic N) is 5. The third-order valence-electron chi connectivity index (χ3n) is 5.36. The van der Waals surface area contributed by atoms with Crippen molar-refractivity contribution in [1.82, 2.24) is 29.5 Å².